The van der Waals surface area contributed by atoms with Gasteiger partial charge in [-0.05, 0) is 49.4 Å². The van der Waals surface area contributed by atoms with E-state index in [-0.39, 0.29) is 19.5 Å². The molecule has 2 aromatic carbocycles. The normalized spacial score (nSPS) is 19.2. The molecule has 3 atom stereocenters. The van der Waals surface area contributed by atoms with Crippen LogP contribution < -0.4 is 15.4 Å². The Hall–Kier alpha value is -5.24. The highest BCUT2D eigenvalue weighted by Crippen LogP contribution is 2.47. The van der Waals surface area contributed by atoms with Gasteiger partial charge >= 0.3 is 0 Å². The highest BCUT2D eigenvalue weighted by Gasteiger charge is 2.50. The van der Waals surface area contributed by atoms with E-state index in [0.717, 1.165) is 26.4 Å². The third kappa shape index (κ3) is 5.90. The van der Waals surface area contributed by atoms with Crippen molar-refractivity contribution >= 4 is 40.4 Å². The lowest BCUT2D eigenvalue weighted by atomic mass is 10.0. The molecule has 2 aliphatic heterocycles. The largest absolute Gasteiger partial charge is 0.455 e. The van der Waals surface area contributed by atoms with Crippen LogP contribution in [0.4, 0.5) is 4.39 Å². The molecule has 2 aliphatic rings. The number of alkyl halides is 1. The third-order valence-electron chi connectivity index (χ3n) is 8.09. The number of likely N-dealkylation sites (tertiary alicyclic amines) is 1. The standard InChI is InChI=1S/C32H29FN8O4S/c1-19(23-12-21-15-34-9-8-22(21)38-23)37-31(44)24-14-32(33,17-40-11-10-36-39-40)18-41(24)29(42)16-35-30(43)20-6-7-28-26(13-20)45-25-4-2-3-5-27(25)46-28/h2-13,15,19,24,38H,14,16-18H2,1H3,(H,35,43)(H,37,44)/t19-,24+,32+/m1/s1. The number of nitrogens with one attached hydrogen (secondary N) is 3. The summed E-state index contributed by atoms with van der Waals surface area (Å²) in [5.74, 6) is -0.363. The van der Waals surface area contributed by atoms with Crippen LogP contribution in [-0.2, 0) is 16.1 Å². The van der Waals surface area contributed by atoms with Gasteiger partial charge in [0, 0.05) is 47.2 Å². The summed E-state index contributed by atoms with van der Waals surface area (Å²) in [5.41, 5.74) is -0.0424. The molecule has 1 fully saturated rings. The van der Waals surface area contributed by atoms with Gasteiger partial charge in [0.05, 0.1) is 41.7 Å². The Labute approximate surface area is 266 Å². The molecule has 12 nitrogen and oxygen atoms in total. The van der Waals surface area contributed by atoms with Crippen LogP contribution in [-0.4, -0.2) is 72.4 Å². The van der Waals surface area contributed by atoms with Gasteiger partial charge < -0.3 is 25.3 Å². The number of aromatic amines is 1. The number of rotatable bonds is 8. The molecule has 234 valence electrons. The van der Waals surface area contributed by atoms with Gasteiger partial charge in [0.2, 0.25) is 11.8 Å². The number of nitrogens with zero attached hydrogens (tertiary/aromatic N) is 5. The number of halogens is 1. The number of pyridine rings is 1. The predicted octanol–water partition coefficient (Wildman–Crippen LogP) is 4.03. The maximum atomic E-state index is 16.2. The Bertz CT molecular complexity index is 1920. The quantitative estimate of drug-likeness (QED) is 0.226. The van der Waals surface area contributed by atoms with E-state index >= 15 is 4.39 Å². The summed E-state index contributed by atoms with van der Waals surface area (Å²) >= 11 is 1.54. The van der Waals surface area contributed by atoms with E-state index in [1.807, 2.05) is 36.4 Å². The Morgan fingerprint density at radius 1 is 1.13 bits per heavy atom. The molecule has 0 unspecified atom stereocenters. The van der Waals surface area contributed by atoms with E-state index in [2.05, 4.69) is 30.9 Å². The van der Waals surface area contributed by atoms with Crippen LogP contribution in [0, 0.1) is 0 Å². The zero-order chi connectivity index (χ0) is 31.8. The van der Waals surface area contributed by atoms with Gasteiger partial charge in [-0.3, -0.25) is 19.4 Å². The van der Waals surface area contributed by atoms with E-state index in [1.54, 1.807) is 37.5 Å². The van der Waals surface area contributed by atoms with Crippen molar-refractivity contribution in [2.45, 2.75) is 47.4 Å². The summed E-state index contributed by atoms with van der Waals surface area (Å²) in [6, 6.07) is 14.8. The molecule has 0 spiro atoms. The second kappa shape index (κ2) is 11.9. The molecule has 1 saturated heterocycles. The van der Waals surface area contributed by atoms with Crippen molar-refractivity contribution in [3.8, 4) is 11.5 Å². The minimum Gasteiger partial charge on any atom is -0.455 e. The fourth-order valence-electron chi connectivity index (χ4n) is 5.80. The van der Waals surface area contributed by atoms with Gasteiger partial charge in [0.25, 0.3) is 5.91 Å². The molecular weight excluding hydrogens is 611 g/mol. The third-order valence-corrected chi connectivity index (χ3v) is 9.21. The SMILES string of the molecule is C[C@@H](NC(=O)[C@@H]1C[C@](F)(Cn2ccnn2)CN1C(=O)CNC(=O)c1ccc2c(c1)Oc1ccccc1S2)c1cc2cnccc2[nH]1. The van der Waals surface area contributed by atoms with Crippen molar-refractivity contribution in [3.63, 3.8) is 0 Å². The van der Waals surface area contributed by atoms with Crippen molar-refractivity contribution in [1.29, 1.82) is 0 Å². The number of carbonyl (C=O) groups is 3. The fraction of sp³-hybridized carbons (Fsp3) is 0.250. The molecule has 3 amide bonds. The summed E-state index contributed by atoms with van der Waals surface area (Å²) in [5, 5.41) is 14.0. The number of benzene rings is 2. The first-order chi connectivity index (χ1) is 22.2. The lowest BCUT2D eigenvalue weighted by molar-refractivity contribution is -0.138. The number of H-pyrrole nitrogens is 1. The summed E-state index contributed by atoms with van der Waals surface area (Å²) < 4.78 is 23.6. The lowest BCUT2D eigenvalue weighted by Gasteiger charge is -2.25. The molecule has 0 saturated carbocycles. The van der Waals surface area contributed by atoms with Gasteiger partial charge in [-0.1, -0.05) is 29.1 Å². The van der Waals surface area contributed by atoms with Crippen LogP contribution in [0.1, 0.15) is 35.4 Å². The van der Waals surface area contributed by atoms with Crippen LogP contribution >= 0.6 is 11.8 Å². The number of hydrogen-bond donors (Lipinski definition) is 3. The van der Waals surface area contributed by atoms with E-state index in [1.165, 1.54) is 33.7 Å². The van der Waals surface area contributed by atoms with E-state index in [0.29, 0.717) is 17.1 Å². The number of aromatic nitrogens is 5. The fourth-order valence-corrected chi connectivity index (χ4v) is 6.73. The van der Waals surface area contributed by atoms with Crippen molar-refractivity contribution in [1.82, 2.24) is 40.5 Å². The number of para-hydroxylation sites is 1. The van der Waals surface area contributed by atoms with Crippen LogP contribution in [0.3, 0.4) is 0 Å². The van der Waals surface area contributed by atoms with E-state index in [9.17, 15) is 14.4 Å². The molecule has 0 bridgehead atoms. The molecule has 3 N–H and O–H groups in total. The molecule has 5 aromatic rings. The maximum absolute atomic E-state index is 16.2. The second-order valence-corrected chi connectivity index (χ2v) is 12.5. The molecule has 7 rings (SSSR count). The molecule has 5 heterocycles. The number of amides is 3. The van der Waals surface area contributed by atoms with Crippen molar-refractivity contribution in [2.75, 3.05) is 13.1 Å². The van der Waals surface area contributed by atoms with Gasteiger partial charge in [0.15, 0.2) is 0 Å². The number of carbonyl (C=O) groups excluding carboxylic acids is 3. The zero-order valence-electron chi connectivity index (χ0n) is 24.6. The summed E-state index contributed by atoms with van der Waals surface area (Å²) in [4.78, 5) is 50.6. The highest BCUT2D eigenvalue weighted by atomic mass is 32.2. The number of hydrogen-bond acceptors (Lipinski definition) is 8. The van der Waals surface area contributed by atoms with Gasteiger partial charge in [-0.2, -0.15) is 0 Å². The summed E-state index contributed by atoms with van der Waals surface area (Å²) in [6.45, 7) is 0.833. The monoisotopic (exact) mass is 640 g/mol. The Kier molecular flexibility index (Phi) is 7.64. The number of ether oxygens (including phenoxy) is 1. The highest BCUT2D eigenvalue weighted by molar-refractivity contribution is 7.99. The first-order valence-electron chi connectivity index (χ1n) is 14.7. The zero-order valence-corrected chi connectivity index (χ0v) is 25.5. The Morgan fingerprint density at radius 2 is 1.98 bits per heavy atom. The first-order valence-corrected chi connectivity index (χ1v) is 15.5. The minimum absolute atomic E-state index is 0.187. The van der Waals surface area contributed by atoms with Crippen LogP contribution in [0.15, 0.2) is 89.2 Å². The smallest absolute Gasteiger partial charge is 0.251 e. The topological polar surface area (TPSA) is 147 Å². The average Bonchev–Trinajstić information content (AvgIpc) is 3.81. The Morgan fingerprint density at radius 3 is 2.80 bits per heavy atom. The minimum atomic E-state index is -1.95. The van der Waals surface area contributed by atoms with E-state index < -0.39 is 42.0 Å². The Balaban J connectivity index is 1.04. The van der Waals surface area contributed by atoms with Crippen molar-refractivity contribution < 1.29 is 23.5 Å². The molecule has 3 aromatic heterocycles. The maximum Gasteiger partial charge on any atom is 0.251 e. The van der Waals surface area contributed by atoms with Crippen LogP contribution in [0.5, 0.6) is 11.5 Å². The predicted molar refractivity (Wildman–Crippen MR) is 166 cm³/mol. The first kappa shape index (κ1) is 29.5. The van der Waals surface area contributed by atoms with Crippen molar-refractivity contribution in [2.24, 2.45) is 0 Å². The van der Waals surface area contributed by atoms with Gasteiger partial charge in [-0.15, -0.1) is 5.10 Å². The van der Waals surface area contributed by atoms with Crippen molar-refractivity contribution in [3.05, 3.63) is 90.6 Å². The summed E-state index contributed by atoms with van der Waals surface area (Å²) in [6.07, 6.45) is 6.09. The molecular formula is C32H29FN8O4S. The second-order valence-electron chi connectivity index (χ2n) is 11.4. The molecule has 46 heavy (non-hydrogen) atoms. The van der Waals surface area contributed by atoms with E-state index in [4.69, 9.17) is 4.74 Å². The number of fused-ring (bicyclic) bond motifs is 3. The van der Waals surface area contributed by atoms with Crippen LogP contribution in [0.25, 0.3) is 10.9 Å². The average molecular weight is 641 g/mol. The van der Waals surface area contributed by atoms with Crippen LogP contribution in [0.2, 0.25) is 0 Å². The lowest BCUT2D eigenvalue weighted by Crippen LogP contribution is -2.49. The van der Waals surface area contributed by atoms with Gasteiger partial charge in [-0.25, -0.2) is 9.07 Å². The molecule has 14 heteroatoms. The molecule has 0 radical (unpaired) electrons. The molecule has 0 aliphatic carbocycles. The summed E-state index contributed by atoms with van der Waals surface area (Å²) in [7, 11) is 0. The van der Waals surface area contributed by atoms with Gasteiger partial charge in [0.1, 0.15) is 23.2 Å².